The van der Waals surface area contributed by atoms with E-state index in [1.54, 1.807) is 0 Å². The molecule has 2 aliphatic heterocycles. The second kappa shape index (κ2) is 10.7. The molecule has 2 aliphatic rings. The van der Waals surface area contributed by atoms with E-state index in [-0.39, 0.29) is 5.91 Å². The summed E-state index contributed by atoms with van der Waals surface area (Å²) in [5.74, 6) is -0.0191. The normalized spacial score (nSPS) is 18.3. The molecule has 30 heavy (non-hydrogen) atoms. The van der Waals surface area contributed by atoms with Crippen molar-refractivity contribution in [1.82, 2.24) is 15.1 Å². The van der Waals surface area contributed by atoms with E-state index in [4.69, 9.17) is 4.74 Å². The van der Waals surface area contributed by atoms with E-state index in [2.05, 4.69) is 51.5 Å². The van der Waals surface area contributed by atoms with Gasteiger partial charge in [-0.25, -0.2) is 0 Å². The zero-order valence-corrected chi connectivity index (χ0v) is 17.8. The monoisotopic (exact) mass is 407 g/mol. The summed E-state index contributed by atoms with van der Waals surface area (Å²) in [5, 5.41) is 3.07. The number of benzene rings is 2. The van der Waals surface area contributed by atoms with Crippen LogP contribution >= 0.6 is 0 Å². The molecule has 1 N–H and O–H groups in total. The van der Waals surface area contributed by atoms with Crippen molar-refractivity contribution in [3.05, 3.63) is 70.8 Å². The molecule has 2 aromatic carbocycles. The van der Waals surface area contributed by atoms with Crippen molar-refractivity contribution in [3.8, 4) is 0 Å². The Bertz CT molecular complexity index is 809. The molecule has 4 rings (SSSR count). The van der Waals surface area contributed by atoms with Crippen LogP contribution in [-0.4, -0.2) is 55.1 Å². The topological polar surface area (TPSA) is 44.8 Å². The van der Waals surface area contributed by atoms with Crippen LogP contribution in [0.4, 0.5) is 0 Å². The van der Waals surface area contributed by atoms with Crippen molar-refractivity contribution < 1.29 is 9.53 Å². The quantitative estimate of drug-likeness (QED) is 0.764. The highest BCUT2D eigenvalue weighted by Crippen LogP contribution is 2.14. The van der Waals surface area contributed by atoms with Crippen LogP contribution < -0.4 is 5.32 Å². The van der Waals surface area contributed by atoms with E-state index in [1.165, 1.54) is 43.5 Å². The van der Waals surface area contributed by atoms with Gasteiger partial charge < -0.3 is 10.1 Å². The Hall–Kier alpha value is -2.21. The van der Waals surface area contributed by atoms with Crippen molar-refractivity contribution in [2.45, 2.75) is 38.9 Å². The number of hydrogen-bond acceptors (Lipinski definition) is 4. The van der Waals surface area contributed by atoms with Gasteiger partial charge in [-0.3, -0.25) is 14.6 Å². The van der Waals surface area contributed by atoms with Gasteiger partial charge in [0, 0.05) is 38.3 Å². The number of rotatable bonds is 7. The molecule has 5 heteroatoms. The second-order valence-corrected chi connectivity index (χ2v) is 8.42. The molecule has 0 bridgehead atoms. The van der Waals surface area contributed by atoms with Crippen LogP contribution in [-0.2, 0) is 24.4 Å². The number of hydrogen-bond donors (Lipinski definition) is 1. The summed E-state index contributed by atoms with van der Waals surface area (Å²) in [6, 6.07) is 16.6. The van der Waals surface area contributed by atoms with E-state index in [0.29, 0.717) is 12.1 Å². The lowest BCUT2D eigenvalue weighted by atomic mass is 10.1. The van der Waals surface area contributed by atoms with Gasteiger partial charge in [0.25, 0.3) is 5.91 Å². The number of carbonyl (C=O) groups excluding carboxylic acids is 1. The SMILES string of the molecule is O=C(NCc1cccc(CN2CCCCC2)c1)c1ccc(CN2CCOCC2)cc1. The summed E-state index contributed by atoms with van der Waals surface area (Å²) in [6.07, 6.45) is 3.97. The molecule has 2 aromatic rings. The third-order valence-corrected chi connectivity index (χ3v) is 6.03. The fourth-order valence-corrected chi connectivity index (χ4v) is 4.28. The Morgan fingerprint density at radius 1 is 0.800 bits per heavy atom. The average molecular weight is 408 g/mol. The van der Waals surface area contributed by atoms with Gasteiger partial charge in [-0.1, -0.05) is 42.8 Å². The molecule has 0 unspecified atom stereocenters. The lowest BCUT2D eigenvalue weighted by Gasteiger charge is -2.26. The number of amides is 1. The molecule has 0 atom stereocenters. The fraction of sp³-hybridized carbons (Fsp3) is 0.480. The third kappa shape index (κ3) is 6.14. The minimum atomic E-state index is -0.0191. The molecule has 1 amide bonds. The molecular weight excluding hydrogens is 374 g/mol. The zero-order valence-electron chi connectivity index (χ0n) is 17.8. The van der Waals surface area contributed by atoms with Gasteiger partial charge >= 0.3 is 0 Å². The van der Waals surface area contributed by atoms with Crippen LogP contribution in [0.5, 0.6) is 0 Å². The third-order valence-electron chi connectivity index (χ3n) is 6.03. The number of nitrogens with one attached hydrogen (secondary N) is 1. The second-order valence-electron chi connectivity index (χ2n) is 8.42. The Morgan fingerprint density at radius 3 is 2.23 bits per heavy atom. The van der Waals surface area contributed by atoms with Crippen molar-refractivity contribution in [3.63, 3.8) is 0 Å². The predicted octanol–water partition coefficient (Wildman–Crippen LogP) is 3.43. The van der Waals surface area contributed by atoms with Gasteiger partial charge in [0.05, 0.1) is 13.2 Å². The summed E-state index contributed by atoms with van der Waals surface area (Å²) >= 11 is 0. The summed E-state index contributed by atoms with van der Waals surface area (Å²) < 4.78 is 5.40. The number of ether oxygens (including phenoxy) is 1. The molecule has 0 saturated carbocycles. The number of piperidine rings is 1. The number of morpholine rings is 1. The highest BCUT2D eigenvalue weighted by molar-refractivity contribution is 5.94. The van der Waals surface area contributed by atoms with Crippen LogP contribution in [0.15, 0.2) is 48.5 Å². The smallest absolute Gasteiger partial charge is 0.251 e. The fourth-order valence-electron chi connectivity index (χ4n) is 4.28. The molecule has 5 nitrogen and oxygen atoms in total. The van der Waals surface area contributed by atoms with Gasteiger partial charge in [0.2, 0.25) is 0 Å². The molecule has 0 spiro atoms. The minimum Gasteiger partial charge on any atom is -0.379 e. The molecule has 2 fully saturated rings. The maximum absolute atomic E-state index is 12.6. The van der Waals surface area contributed by atoms with Crippen LogP contribution in [0.1, 0.15) is 46.3 Å². The van der Waals surface area contributed by atoms with Crippen LogP contribution in [0.25, 0.3) is 0 Å². The predicted molar refractivity (Wildman–Crippen MR) is 119 cm³/mol. The highest BCUT2D eigenvalue weighted by atomic mass is 16.5. The van der Waals surface area contributed by atoms with Gasteiger partial charge in [0.1, 0.15) is 0 Å². The largest absolute Gasteiger partial charge is 0.379 e. The lowest BCUT2D eigenvalue weighted by Crippen LogP contribution is -2.35. The standard InChI is InChI=1S/C25H33N3O2/c29-25(24-9-7-21(8-10-24)19-28-13-15-30-16-14-28)26-18-22-5-4-6-23(17-22)20-27-11-2-1-3-12-27/h4-10,17H,1-3,11-16,18-20H2,(H,26,29). The first-order valence-electron chi connectivity index (χ1n) is 11.2. The van der Waals surface area contributed by atoms with Gasteiger partial charge in [-0.05, 0) is 54.8 Å². The Morgan fingerprint density at radius 2 is 1.47 bits per heavy atom. The van der Waals surface area contributed by atoms with Crippen LogP contribution in [0, 0.1) is 0 Å². The van der Waals surface area contributed by atoms with Crippen molar-refractivity contribution >= 4 is 5.91 Å². The van der Waals surface area contributed by atoms with E-state index < -0.39 is 0 Å². The van der Waals surface area contributed by atoms with Crippen molar-refractivity contribution in [2.75, 3.05) is 39.4 Å². The molecule has 160 valence electrons. The average Bonchev–Trinajstić information content (AvgIpc) is 2.80. The summed E-state index contributed by atoms with van der Waals surface area (Å²) in [5.41, 5.74) is 4.43. The Balaban J connectivity index is 1.27. The minimum absolute atomic E-state index is 0.0191. The molecule has 0 radical (unpaired) electrons. The van der Waals surface area contributed by atoms with Gasteiger partial charge in [-0.2, -0.15) is 0 Å². The first-order valence-corrected chi connectivity index (χ1v) is 11.2. The highest BCUT2D eigenvalue weighted by Gasteiger charge is 2.12. The molecule has 2 saturated heterocycles. The lowest BCUT2D eigenvalue weighted by molar-refractivity contribution is 0.0342. The van der Waals surface area contributed by atoms with Crippen LogP contribution in [0.3, 0.4) is 0 Å². The van der Waals surface area contributed by atoms with Crippen LogP contribution in [0.2, 0.25) is 0 Å². The van der Waals surface area contributed by atoms with E-state index in [0.717, 1.165) is 45.0 Å². The Kier molecular flexibility index (Phi) is 7.51. The maximum atomic E-state index is 12.6. The van der Waals surface area contributed by atoms with E-state index in [9.17, 15) is 4.79 Å². The first kappa shape index (κ1) is 21.0. The summed E-state index contributed by atoms with van der Waals surface area (Å²) in [6.45, 7) is 8.42. The zero-order chi connectivity index (χ0) is 20.6. The van der Waals surface area contributed by atoms with Crippen molar-refractivity contribution in [1.29, 1.82) is 0 Å². The van der Waals surface area contributed by atoms with Gasteiger partial charge in [-0.15, -0.1) is 0 Å². The number of nitrogens with zero attached hydrogens (tertiary/aromatic N) is 2. The molecule has 0 aliphatic carbocycles. The number of carbonyl (C=O) groups is 1. The first-order chi connectivity index (χ1) is 14.8. The van der Waals surface area contributed by atoms with Crippen molar-refractivity contribution in [2.24, 2.45) is 0 Å². The molecule has 2 heterocycles. The number of likely N-dealkylation sites (tertiary alicyclic amines) is 1. The van der Waals surface area contributed by atoms with E-state index >= 15 is 0 Å². The summed E-state index contributed by atoms with van der Waals surface area (Å²) in [4.78, 5) is 17.5. The summed E-state index contributed by atoms with van der Waals surface area (Å²) in [7, 11) is 0. The van der Waals surface area contributed by atoms with Gasteiger partial charge in [0.15, 0.2) is 0 Å². The maximum Gasteiger partial charge on any atom is 0.251 e. The van der Waals surface area contributed by atoms with E-state index in [1.807, 2.05) is 12.1 Å². The molecular formula is C25H33N3O2. The Labute approximate surface area is 180 Å². The molecule has 0 aromatic heterocycles.